The number of phenols is 1. The molecule has 3 heterocycles. The number of rotatable bonds is 5. The number of esters is 1. The van der Waals surface area contributed by atoms with Crippen molar-refractivity contribution in [3.8, 4) is 17.2 Å². The van der Waals surface area contributed by atoms with Crippen molar-refractivity contribution in [1.82, 2.24) is 4.90 Å². The fourth-order valence-electron chi connectivity index (χ4n) is 4.78. The Morgan fingerprint density at radius 3 is 3.00 bits per heavy atom. The van der Waals surface area contributed by atoms with Gasteiger partial charge in [-0.05, 0) is 56.7 Å². The summed E-state index contributed by atoms with van der Waals surface area (Å²) in [6.07, 6.45) is 3.22. The zero-order valence-corrected chi connectivity index (χ0v) is 20.1. The highest BCUT2D eigenvalue weighted by molar-refractivity contribution is 6.31. The Kier molecular flexibility index (Phi) is 6.69. The van der Waals surface area contributed by atoms with Gasteiger partial charge >= 0.3 is 5.97 Å². The summed E-state index contributed by atoms with van der Waals surface area (Å²) in [5, 5.41) is 11.1. The van der Waals surface area contributed by atoms with Crippen molar-refractivity contribution in [3.63, 3.8) is 0 Å². The molecule has 1 atom stereocenters. The van der Waals surface area contributed by atoms with Gasteiger partial charge in [-0.1, -0.05) is 11.6 Å². The van der Waals surface area contributed by atoms with Crippen molar-refractivity contribution in [3.05, 3.63) is 57.3 Å². The zero-order chi connectivity index (χ0) is 24.5. The molecule has 1 unspecified atom stereocenters. The number of hydrogen-bond donors (Lipinski definition) is 1. The van der Waals surface area contributed by atoms with Crippen LogP contribution in [0.4, 0.5) is 0 Å². The number of piperidine rings is 1. The number of halogens is 1. The zero-order valence-electron chi connectivity index (χ0n) is 19.3. The lowest BCUT2D eigenvalue weighted by molar-refractivity contribution is -0.150. The van der Waals surface area contributed by atoms with Crippen molar-refractivity contribution in [2.75, 3.05) is 26.5 Å². The molecule has 0 saturated carbocycles. The van der Waals surface area contributed by atoms with Gasteiger partial charge in [-0.2, -0.15) is 0 Å². The Morgan fingerprint density at radius 1 is 1.31 bits per heavy atom. The molecular weight excluding hydrogens is 474 g/mol. The first kappa shape index (κ1) is 23.7. The van der Waals surface area contributed by atoms with E-state index >= 15 is 0 Å². The lowest BCUT2D eigenvalue weighted by Gasteiger charge is -2.31. The normalized spacial score (nSPS) is 20.7. The van der Waals surface area contributed by atoms with Crippen molar-refractivity contribution in [2.24, 2.45) is 5.92 Å². The van der Waals surface area contributed by atoms with Crippen LogP contribution in [0.1, 0.15) is 46.8 Å². The first-order valence-electron chi connectivity index (χ1n) is 11.7. The van der Waals surface area contributed by atoms with Crippen molar-refractivity contribution in [2.45, 2.75) is 32.9 Å². The fraction of sp³-hybridized carbons (Fsp3) is 0.385. The summed E-state index contributed by atoms with van der Waals surface area (Å²) < 4.78 is 22.2. The van der Waals surface area contributed by atoms with Crippen LogP contribution >= 0.6 is 11.6 Å². The molecule has 2 aromatic rings. The predicted octanol–water partition coefficient (Wildman–Crippen LogP) is 4.30. The van der Waals surface area contributed by atoms with Crippen LogP contribution in [0.5, 0.6) is 17.2 Å². The third kappa shape index (κ3) is 4.74. The van der Waals surface area contributed by atoms with Crippen LogP contribution in [0.15, 0.2) is 30.0 Å². The van der Waals surface area contributed by atoms with Gasteiger partial charge in [0.05, 0.1) is 30.3 Å². The Morgan fingerprint density at radius 2 is 2.17 bits per heavy atom. The van der Waals surface area contributed by atoms with Crippen molar-refractivity contribution >= 4 is 29.4 Å². The average Bonchev–Trinajstić information content (AvgIpc) is 3.16. The Hall–Kier alpha value is -3.07. The summed E-state index contributed by atoms with van der Waals surface area (Å²) in [5.74, 6) is 0.394. The molecule has 0 radical (unpaired) electrons. The average molecular weight is 500 g/mol. The molecule has 184 valence electrons. The minimum Gasteiger partial charge on any atom is -0.507 e. The minimum absolute atomic E-state index is 0.0386. The topological polar surface area (TPSA) is 94.5 Å². The highest BCUT2D eigenvalue weighted by Crippen LogP contribution is 2.42. The van der Waals surface area contributed by atoms with Gasteiger partial charge in [0, 0.05) is 29.2 Å². The molecule has 8 nitrogen and oxygen atoms in total. The molecule has 1 fully saturated rings. The van der Waals surface area contributed by atoms with E-state index in [9.17, 15) is 14.7 Å². The molecule has 1 saturated heterocycles. The van der Waals surface area contributed by atoms with Crippen LogP contribution in [-0.2, 0) is 27.4 Å². The van der Waals surface area contributed by atoms with Gasteiger partial charge in [-0.15, -0.1) is 0 Å². The summed E-state index contributed by atoms with van der Waals surface area (Å²) in [4.78, 5) is 27.5. The SMILES string of the molecule is CCOC(=O)C1CCCN(Cc2c(O)ccc3c2O/C(=C\c2cc(Cl)cc4c2OCOC4)C3=O)C1. The van der Waals surface area contributed by atoms with Gasteiger partial charge in [-0.25, -0.2) is 0 Å². The minimum atomic E-state index is -0.287. The molecule has 2 aromatic carbocycles. The highest BCUT2D eigenvalue weighted by atomic mass is 35.5. The maximum atomic E-state index is 13.2. The number of fused-ring (bicyclic) bond motifs is 2. The molecule has 3 aliphatic rings. The number of aromatic hydroxyl groups is 1. The monoisotopic (exact) mass is 499 g/mol. The van der Waals surface area contributed by atoms with Crippen LogP contribution in [0.3, 0.4) is 0 Å². The number of Topliss-reactive ketones (excluding diaryl/α,β-unsaturated/α-hetero) is 1. The second-order valence-corrected chi connectivity index (χ2v) is 9.24. The van der Waals surface area contributed by atoms with E-state index < -0.39 is 0 Å². The molecule has 0 aliphatic carbocycles. The summed E-state index contributed by atoms with van der Waals surface area (Å²) in [6, 6.07) is 6.54. The number of allylic oxidation sites excluding steroid dienone is 1. The van der Waals surface area contributed by atoms with Gasteiger partial charge in [0.15, 0.2) is 12.6 Å². The quantitative estimate of drug-likeness (QED) is 0.480. The number of benzene rings is 2. The third-order valence-corrected chi connectivity index (χ3v) is 6.63. The number of likely N-dealkylation sites (tertiary alicyclic amines) is 1. The first-order chi connectivity index (χ1) is 16.9. The van der Waals surface area contributed by atoms with E-state index in [0.29, 0.717) is 59.5 Å². The van der Waals surface area contributed by atoms with E-state index in [4.69, 9.17) is 30.5 Å². The smallest absolute Gasteiger partial charge is 0.310 e. The van der Waals surface area contributed by atoms with E-state index in [2.05, 4.69) is 4.90 Å². The van der Waals surface area contributed by atoms with Crippen LogP contribution in [0.2, 0.25) is 5.02 Å². The molecular formula is C26H26ClNO7. The van der Waals surface area contributed by atoms with Gasteiger partial charge < -0.3 is 24.1 Å². The number of ketones is 1. The van der Waals surface area contributed by atoms with Crippen LogP contribution < -0.4 is 9.47 Å². The second-order valence-electron chi connectivity index (χ2n) is 8.80. The molecule has 0 spiro atoms. The van der Waals surface area contributed by atoms with Crippen LogP contribution in [-0.4, -0.2) is 48.2 Å². The number of carbonyl (C=O) groups excluding carboxylic acids is 2. The second kappa shape index (κ2) is 9.89. The number of ether oxygens (including phenoxy) is 4. The summed E-state index contributed by atoms with van der Waals surface area (Å²) in [6.45, 7) is 4.25. The number of phenolic OH excluding ortho intramolecular Hbond substituents is 1. The van der Waals surface area contributed by atoms with E-state index in [1.165, 1.54) is 6.07 Å². The number of hydrogen-bond acceptors (Lipinski definition) is 8. The summed E-state index contributed by atoms with van der Waals surface area (Å²) >= 11 is 6.26. The molecule has 1 N–H and O–H groups in total. The molecule has 35 heavy (non-hydrogen) atoms. The van der Waals surface area contributed by atoms with E-state index in [0.717, 1.165) is 24.9 Å². The first-order valence-corrected chi connectivity index (χ1v) is 12.0. The number of nitrogens with zero attached hydrogens (tertiary/aromatic N) is 1. The summed E-state index contributed by atoms with van der Waals surface area (Å²) in [7, 11) is 0. The maximum absolute atomic E-state index is 13.2. The van der Waals surface area contributed by atoms with Crippen molar-refractivity contribution < 1.29 is 33.6 Å². The van der Waals surface area contributed by atoms with E-state index in [1.54, 1.807) is 31.2 Å². The molecule has 0 aromatic heterocycles. The largest absolute Gasteiger partial charge is 0.507 e. The van der Waals surface area contributed by atoms with E-state index in [-0.39, 0.29) is 36.0 Å². The lowest BCUT2D eigenvalue weighted by Crippen LogP contribution is -2.39. The van der Waals surface area contributed by atoms with Crippen LogP contribution in [0.25, 0.3) is 6.08 Å². The maximum Gasteiger partial charge on any atom is 0.310 e. The predicted molar refractivity (Wildman–Crippen MR) is 127 cm³/mol. The Bertz CT molecular complexity index is 1210. The molecule has 0 amide bonds. The summed E-state index contributed by atoms with van der Waals surface area (Å²) in [5.41, 5.74) is 2.30. The molecule has 0 bridgehead atoms. The molecule has 3 aliphatic heterocycles. The van der Waals surface area contributed by atoms with Gasteiger partial charge in [-0.3, -0.25) is 14.5 Å². The van der Waals surface area contributed by atoms with E-state index in [1.807, 2.05) is 0 Å². The van der Waals surface area contributed by atoms with Gasteiger partial charge in [0.2, 0.25) is 5.78 Å². The Balaban J connectivity index is 1.42. The molecule has 9 heteroatoms. The third-order valence-electron chi connectivity index (χ3n) is 6.41. The number of carbonyl (C=O) groups is 2. The van der Waals surface area contributed by atoms with Gasteiger partial charge in [0.25, 0.3) is 0 Å². The van der Waals surface area contributed by atoms with Crippen molar-refractivity contribution in [1.29, 1.82) is 0 Å². The van der Waals surface area contributed by atoms with Crippen LogP contribution in [0, 0.1) is 5.92 Å². The van der Waals surface area contributed by atoms with Gasteiger partial charge in [0.1, 0.15) is 17.2 Å². The Labute approximate surface area is 208 Å². The molecule has 5 rings (SSSR count). The lowest BCUT2D eigenvalue weighted by atomic mass is 9.97. The fourth-order valence-corrected chi connectivity index (χ4v) is 5.03. The highest BCUT2D eigenvalue weighted by Gasteiger charge is 2.34. The standard InChI is InChI=1S/C26H26ClNO7/c1-2-33-26(31)15-4-3-7-28(11-15)12-20-21(29)6-5-19-23(30)22(35-25(19)20)10-16-8-18(27)9-17-13-32-14-34-24(16)17/h5-6,8-10,15,29H,2-4,7,11-14H2,1H3/b22-10-.